The molecular formula is C37H49F2N7O6. The van der Waals surface area contributed by atoms with E-state index >= 15 is 0 Å². The lowest BCUT2D eigenvalue weighted by molar-refractivity contribution is -0.146. The number of benzene rings is 1. The molecule has 2 aliphatic rings. The van der Waals surface area contributed by atoms with Crippen molar-refractivity contribution in [3.05, 3.63) is 60.2 Å². The molecule has 1 aliphatic heterocycles. The van der Waals surface area contributed by atoms with Crippen LogP contribution >= 0.6 is 0 Å². The van der Waals surface area contributed by atoms with Gasteiger partial charge in [-0.3, -0.25) is 33.8 Å². The molecular weight excluding hydrogens is 676 g/mol. The van der Waals surface area contributed by atoms with E-state index in [0.29, 0.717) is 12.0 Å². The molecule has 282 valence electrons. The monoisotopic (exact) mass is 725 g/mol. The number of halogens is 2. The highest BCUT2D eigenvalue weighted by Crippen LogP contribution is 2.43. The summed E-state index contributed by atoms with van der Waals surface area (Å²) in [5, 5.41) is 10.4. The van der Waals surface area contributed by atoms with E-state index in [1.54, 1.807) is 71.9 Å². The zero-order chi connectivity index (χ0) is 38.3. The average Bonchev–Trinajstić information content (AvgIpc) is 3.70. The standard InChI is InChI=1S/C37H49F2N7O6/c1-20(2)28(44-32(48)26-18-40-15-16-41-26)33(49)45-31(37(4,5)6)36(52)46-19-23-13-10-14-24(23)29(46)34(50)43-25(17-27(38)39)30(47)35(51)42-21(3)22-11-8-7-9-12-22/h7-9,11-12,15-16,18,20-21,23-25,27-29,31H,10,13-14,17,19H2,1-6H3,(H,42,51)(H,43,50)(H,44,48)(H,45,49)/t21-,23-,24-,25?,28+,29-,31+/m0/s1. The molecule has 1 saturated carbocycles. The molecule has 2 heterocycles. The maximum atomic E-state index is 14.4. The lowest BCUT2D eigenvalue weighted by Gasteiger charge is -2.37. The van der Waals surface area contributed by atoms with Crippen LogP contribution in [0.3, 0.4) is 0 Å². The molecule has 5 amide bonds. The first-order chi connectivity index (χ1) is 24.5. The second kappa shape index (κ2) is 17.1. The Morgan fingerprint density at radius 3 is 2.21 bits per heavy atom. The van der Waals surface area contributed by atoms with Crippen molar-refractivity contribution < 1.29 is 37.5 Å². The molecule has 0 bridgehead atoms. The summed E-state index contributed by atoms with van der Waals surface area (Å²) in [7, 11) is 0. The van der Waals surface area contributed by atoms with Crippen molar-refractivity contribution in [2.75, 3.05) is 6.54 Å². The molecule has 4 rings (SSSR count). The zero-order valence-electron chi connectivity index (χ0n) is 30.4. The number of carbonyl (C=O) groups excluding carboxylic acids is 6. The van der Waals surface area contributed by atoms with Crippen LogP contribution in [0.2, 0.25) is 0 Å². The second-order valence-corrected chi connectivity index (χ2v) is 15.0. The molecule has 0 spiro atoms. The molecule has 2 fully saturated rings. The zero-order valence-corrected chi connectivity index (χ0v) is 30.4. The lowest BCUT2D eigenvalue weighted by Crippen LogP contribution is -2.62. The first kappa shape index (κ1) is 40.0. The summed E-state index contributed by atoms with van der Waals surface area (Å²) in [6.45, 7) is 10.5. The Bertz CT molecular complexity index is 1600. The molecule has 15 heteroatoms. The Labute approximate surface area is 302 Å². The van der Waals surface area contributed by atoms with Crippen LogP contribution in [0.25, 0.3) is 0 Å². The van der Waals surface area contributed by atoms with Crippen molar-refractivity contribution in [1.82, 2.24) is 36.1 Å². The Hall–Kier alpha value is -4.82. The molecule has 1 saturated heterocycles. The van der Waals surface area contributed by atoms with E-state index in [1.807, 2.05) is 0 Å². The van der Waals surface area contributed by atoms with Gasteiger partial charge >= 0.3 is 0 Å². The van der Waals surface area contributed by atoms with Gasteiger partial charge in [0.15, 0.2) is 0 Å². The number of aromatic nitrogens is 2. The van der Waals surface area contributed by atoms with Crippen molar-refractivity contribution in [3.8, 4) is 0 Å². The number of hydrogen-bond donors (Lipinski definition) is 4. The predicted molar refractivity (Wildman–Crippen MR) is 186 cm³/mol. The number of rotatable bonds is 14. The minimum absolute atomic E-state index is 0.00803. The number of likely N-dealkylation sites (tertiary alicyclic amines) is 1. The van der Waals surface area contributed by atoms with Gasteiger partial charge in [0, 0.05) is 25.4 Å². The Morgan fingerprint density at radius 2 is 1.62 bits per heavy atom. The van der Waals surface area contributed by atoms with E-state index in [2.05, 4.69) is 31.2 Å². The molecule has 1 aromatic carbocycles. The van der Waals surface area contributed by atoms with Crippen LogP contribution in [0, 0.1) is 23.2 Å². The highest BCUT2D eigenvalue weighted by molar-refractivity contribution is 6.38. The summed E-state index contributed by atoms with van der Waals surface area (Å²) in [5.74, 6) is -5.75. The van der Waals surface area contributed by atoms with Gasteiger partial charge in [-0.2, -0.15) is 0 Å². The molecule has 0 radical (unpaired) electrons. The van der Waals surface area contributed by atoms with Crippen LogP contribution in [0.15, 0.2) is 48.9 Å². The molecule has 1 aromatic heterocycles. The number of hydrogen-bond acceptors (Lipinski definition) is 8. The number of nitrogens with zero attached hydrogens (tertiary/aromatic N) is 3. The summed E-state index contributed by atoms with van der Waals surface area (Å²) in [5.41, 5.74) is -0.170. The number of Topliss-reactive ketones (excluding diaryl/α,β-unsaturated/α-hetero) is 1. The summed E-state index contributed by atoms with van der Waals surface area (Å²) in [6.07, 6.45) is 2.02. The van der Waals surface area contributed by atoms with Crippen molar-refractivity contribution >= 4 is 35.3 Å². The van der Waals surface area contributed by atoms with Crippen LogP contribution in [0.5, 0.6) is 0 Å². The third kappa shape index (κ3) is 9.73. The van der Waals surface area contributed by atoms with Crippen molar-refractivity contribution in [2.24, 2.45) is 23.2 Å². The minimum Gasteiger partial charge on any atom is -0.344 e. The van der Waals surface area contributed by atoms with Gasteiger partial charge in [0.1, 0.15) is 29.9 Å². The van der Waals surface area contributed by atoms with E-state index in [0.717, 1.165) is 12.8 Å². The smallest absolute Gasteiger partial charge is 0.290 e. The number of nitrogens with one attached hydrogen (secondary N) is 4. The molecule has 2 aromatic rings. The molecule has 52 heavy (non-hydrogen) atoms. The summed E-state index contributed by atoms with van der Waals surface area (Å²) in [6, 6.07) is 2.98. The number of amides is 5. The maximum Gasteiger partial charge on any atom is 0.290 e. The Kier molecular flexibility index (Phi) is 13.2. The van der Waals surface area contributed by atoms with E-state index in [-0.39, 0.29) is 24.1 Å². The fourth-order valence-corrected chi connectivity index (χ4v) is 7.00. The number of ketones is 1. The highest BCUT2D eigenvalue weighted by Gasteiger charge is 2.52. The molecule has 1 unspecified atom stereocenters. The van der Waals surface area contributed by atoms with Crippen LogP contribution in [-0.4, -0.2) is 87.3 Å². The van der Waals surface area contributed by atoms with Crippen molar-refractivity contribution in [3.63, 3.8) is 0 Å². The van der Waals surface area contributed by atoms with Gasteiger partial charge in [-0.05, 0) is 48.5 Å². The summed E-state index contributed by atoms with van der Waals surface area (Å²) in [4.78, 5) is 90.5. The van der Waals surface area contributed by atoms with E-state index < -0.39 is 89.7 Å². The fraction of sp³-hybridized carbons (Fsp3) is 0.568. The number of fused-ring (bicyclic) bond motifs is 1. The van der Waals surface area contributed by atoms with E-state index in [9.17, 15) is 37.5 Å². The number of alkyl halides is 2. The van der Waals surface area contributed by atoms with E-state index in [4.69, 9.17) is 0 Å². The van der Waals surface area contributed by atoms with Gasteiger partial charge in [-0.25, -0.2) is 13.8 Å². The molecule has 7 atom stereocenters. The van der Waals surface area contributed by atoms with Crippen LogP contribution in [0.1, 0.15) is 89.3 Å². The van der Waals surface area contributed by atoms with Crippen LogP contribution in [0.4, 0.5) is 8.78 Å². The summed E-state index contributed by atoms with van der Waals surface area (Å²) >= 11 is 0. The minimum atomic E-state index is -3.02. The second-order valence-electron chi connectivity index (χ2n) is 15.0. The first-order valence-electron chi connectivity index (χ1n) is 17.7. The Morgan fingerprint density at radius 1 is 0.923 bits per heavy atom. The SMILES string of the molecule is CC(C)[C@@H](NC(=O)c1cnccn1)C(=O)N[C@H](C(=O)N1C[C@@H]2CCC[C@@H]2[C@H]1C(=O)NC(CC(F)F)C(=O)C(=O)N[C@@H](C)c1ccccc1)C(C)(C)C. The van der Waals surface area contributed by atoms with Gasteiger partial charge in [-0.15, -0.1) is 0 Å². The molecule has 13 nitrogen and oxygen atoms in total. The van der Waals surface area contributed by atoms with Gasteiger partial charge < -0.3 is 26.2 Å². The highest BCUT2D eigenvalue weighted by atomic mass is 19.3. The van der Waals surface area contributed by atoms with Gasteiger partial charge in [0.05, 0.1) is 12.2 Å². The lowest BCUT2D eigenvalue weighted by atomic mass is 9.85. The normalized spacial score (nSPS) is 20.7. The van der Waals surface area contributed by atoms with Gasteiger partial charge in [-0.1, -0.05) is 71.4 Å². The van der Waals surface area contributed by atoms with Crippen LogP contribution in [-0.2, 0) is 24.0 Å². The largest absolute Gasteiger partial charge is 0.344 e. The predicted octanol–water partition coefficient (Wildman–Crippen LogP) is 2.98. The third-order valence-electron chi connectivity index (χ3n) is 9.79. The average molecular weight is 726 g/mol. The number of carbonyl (C=O) groups is 6. The third-order valence-corrected chi connectivity index (χ3v) is 9.79. The van der Waals surface area contributed by atoms with Crippen molar-refractivity contribution in [2.45, 2.75) is 104 Å². The van der Waals surface area contributed by atoms with Crippen LogP contribution < -0.4 is 21.3 Å². The first-order valence-corrected chi connectivity index (χ1v) is 17.7. The summed E-state index contributed by atoms with van der Waals surface area (Å²) < 4.78 is 27.5. The van der Waals surface area contributed by atoms with Crippen molar-refractivity contribution in [1.29, 1.82) is 0 Å². The van der Waals surface area contributed by atoms with Gasteiger partial charge in [0.2, 0.25) is 29.9 Å². The molecule has 1 aliphatic carbocycles. The Balaban J connectivity index is 1.54. The molecule has 4 N–H and O–H groups in total. The fourth-order valence-electron chi connectivity index (χ4n) is 7.00. The topological polar surface area (TPSA) is 180 Å². The quantitative estimate of drug-likeness (QED) is 0.215. The van der Waals surface area contributed by atoms with Gasteiger partial charge in [0.25, 0.3) is 11.8 Å². The van der Waals surface area contributed by atoms with E-state index in [1.165, 1.54) is 23.5 Å². The maximum absolute atomic E-state index is 14.4.